The van der Waals surface area contributed by atoms with E-state index in [1.165, 1.54) is 12.0 Å². The summed E-state index contributed by atoms with van der Waals surface area (Å²) >= 11 is 0. The van der Waals surface area contributed by atoms with Gasteiger partial charge in [-0.15, -0.1) is 0 Å². The molecule has 0 saturated heterocycles. The number of nitrogens with zero attached hydrogens (tertiary/aromatic N) is 1. The van der Waals surface area contributed by atoms with Crippen LogP contribution < -0.4 is 0 Å². The minimum atomic E-state index is -3.58. The van der Waals surface area contributed by atoms with Crippen LogP contribution in [0.5, 0.6) is 0 Å². The van der Waals surface area contributed by atoms with E-state index in [1.54, 1.807) is 0 Å². The van der Waals surface area contributed by atoms with Gasteiger partial charge in [-0.1, -0.05) is 54.6 Å². The fraction of sp³-hybridized carbons (Fsp3) is 0.364. The van der Waals surface area contributed by atoms with Crippen molar-refractivity contribution in [3.05, 3.63) is 71.3 Å². The van der Waals surface area contributed by atoms with Gasteiger partial charge >= 0.3 is 5.97 Å². The van der Waals surface area contributed by atoms with Crippen molar-refractivity contribution in [3.63, 3.8) is 0 Å². The Hall–Kier alpha value is -2.67. The molecule has 1 aliphatic rings. The molecule has 0 radical (unpaired) electrons. The van der Waals surface area contributed by atoms with Crippen LogP contribution in [0.3, 0.4) is 0 Å². The highest BCUT2D eigenvalue weighted by atomic mass is 32.2. The molecule has 3 rings (SSSR count). The SMILES string of the molecule is COC(=O)[C@@H]1Cc2ccccc2CN1C(=O)CS(=O)(=O)CCCc1ccccc1. The molecule has 7 heteroatoms. The molecule has 1 heterocycles. The molecule has 154 valence electrons. The second kappa shape index (κ2) is 9.22. The molecule has 0 saturated carbocycles. The Morgan fingerprint density at radius 2 is 1.69 bits per heavy atom. The normalized spacial score (nSPS) is 16.2. The van der Waals surface area contributed by atoms with Crippen molar-refractivity contribution < 1.29 is 22.7 Å². The predicted octanol–water partition coefficient (Wildman–Crippen LogP) is 2.16. The molecule has 0 unspecified atom stereocenters. The summed E-state index contributed by atoms with van der Waals surface area (Å²) in [5, 5.41) is 0. The monoisotopic (exact) mass is 415 g/mol. The van der Waals surface area contributed by atoms with E-state index in [9.17, 15) is 18.0 Å². The molecule has 0 fully saturated rings. The molecule has 1 atom stereocenters. The first-order chi connectivity index (χ1) is 13.9. The topological polar surface area (TPSA) is 80.8 Å². The van der Waals surface area contributed by atoms with Crippen LogP contribution in [-0.2, 0) is 43.5 Å². The van der Waals surface area contributed by atoms with Crippen LogP contribution in [0.1, 0.15) is 23.1 Å². The maximum Gasteiger partial charge on any atom is 0.328 e. The van der Waals surface area contributed by atoms with E-state index in [1.807, 2.05) is 54.6 Å². The number of fused-ring (bicyclic) bond motifs is 1. The van der Waals surface area contributed by atoms with Gasteiger partial charge in [-0.25, -0.2) is 13.2 Å². The Bertz CT molecular complexity index is 972. The molecule has 2 aromatic rings. The van der Waals surface area contributed by atoms with Crippen molar-refractivity contribution in [2.24, 2.45) is 0 Å². The first-order valence-corrected chi connectivity index (χ1v) is 11.4. The summed E-state index contributed by atoms with van der Waals surface area (Å²) < 4.78 is 29.9. The minimum Gasteiger partial charge on any atom is -0.467 e. The predicted molar refractivity (Wildman–Crippen MR) is 110 cm³/mol. The number of hydrogen-bond acceptors (Lipinski definition) is 5. The summed E-state index contributed by atoms with van der Waals surface area (Å²) in [6.45, 7) is 0.203. The standard InChI is InChI=1S/C22H25NO5S/c1-28-22(25)20-14-18-11-5-6-12-19(18)15-23(20)21(24)16-29(26,27)13-7-10-17-8-3-2-4-9-17/h2-6,8-9,11-12,20H,7,10,13-16H2,1H3/t20-/m0/s1. The number of sulfone groups is 1. The Balaban J connectivity index is 1.66. The Morgan fingerprint density at radius 3 is 2.38 bits per heavy atom. The second-order valence-electron chi connectivity index (χ2n) is 7.21. The zero-order chi connectivity index (χ0) is 20.9. The summed E-state index contributed by atoms with van der Waals surface area (Å²) in [5.41, 5.74) is 2.95. The lowest BCUT2D eigenvalue weighted by atomic mass is 9.94. The second-order valence-corrected chi connectivity index (χ2v) is 9.40. The summed E-state index contributed by atoms with van der Waals surface area (Å²) in [6, 6.07) is 16.4. The van der Waals surface area contributed by atoms with Gasteiger partial charge in [0, 0.05) is 13.0 Å². The molecule has 0 aromatic heterocycles. The summed E-state index contributed by atoms with van der Waals surface area (Å²) in [7, 11) is -2.31. The van der Waals surface area contributed by atoms with Gasteiger partial charge < -0.3 is 9.64 Å². The van der Waals surface area contributed by atoms with Gasteiger partial charge in [-0.3, -0.25) is 4.79 Å². The van der Waals surface area contributed by atoms with E-state index < -0.39 is 33.5 Å². The molecule has 0 spiro atoms. The van der Waals surface area contributed by atoms with Gasteiger partial charge in [0.15, 0.2) is 9.84 Å². The maximum absolute atomic E-state index is 12.8. The molecule has 0 bridgehead atoms. The van der Waals surface area contributed by atoms with Gasteiger partial charge in [0.1, 0.15) is 11.8 Å². The largest absolute Gasteiger partial charge is 0.467 e. The number of carbonyl (C=O) groups excluding carboxylic acids is 2. The summed E-state index contributed by atoms with van der Waals surface area (Å²) in [4.78, 5) is 26.4. The number of methoxy groups -OCH3 is 1. The molecular formula is C22H25NO5S. The number of hydrogen-bond donors (Lipinski definition) is 0. The molecule has 0 aliphatic carbocycles. The number of ether oxygens (including phenoxy) is 1. The number of esters is 1. The third-order valence-electron chi connectivity index (χ3n) is 5.15. The minimum absolute atomic E-state index is 0.0685. The van der Waals surface area contributed by atoms with Gasteiger partial charge in [-0.2, -0.15) is 0 Å². The van der Waals surface area contributed by atoms with Crippen molar-refractivity contribution in [2.45, 2.75) is 31.8 Å². The summed E-state index contributed by atoms with van der Waals surface area (Å²) in [6.07, 6.45) is 1.40. The van der Waals surface area contributed by atoms with E-state index in [-0.39, 0.29) is 12.3 Å². The average Bonchev–Trinajstić information content (AvgIpc) is 2.72. The van der Waals surface area contributed by atoms with E-state index in [0.717, 1.165) is 16.7 Å². The van der Waals surface area contributed by atoms with Crippen molar-refractivity contribution in [1.29, 1.82) is 0 Å². The van der Waals surface area contributed by atoms with Crippen LogP contribution in [-0.4, -0.2) is 49.9 Å². The highest BCUT2D eigenvalue weighted by molar-refractivity contribution is 7.92. The number of aryl methyl sites for hydroxylation is 1. The van der Waals surface area contributed by atoms with Crippen LogP contribution in [0.4, 0.5) is 0 Å². The number of amides is 1. The van der Waals surface area contributed by atoms with Crippen molar-refractivity contribution in [2.75, 3.05) is 18.6 Å². The van der Waals surface area contributed by atoms with E-state index >= 15 is 0 Å². The molecule has 1 aliphatic heterocycles. The van der Waals surface area contributed by atoms with E-state index in [4.69, 9.17) is 4.74 Å². The van der Waals surface area contributed by atoms with E-state index in [2.05, 4.69) is 0 Å². The number of benzene rings is 2. The Labute approximate surface area is 171 Å². The molecule has 1 amide bonds. The zero-order valence-electron chi connectivity index (χ0n) is 16.4. The molecule has 0 N–H and O–H groups in total. The molecular weight excluding hydrogens is 390 g/mol. The third-order valence-corrected chi connectivity index (χ3v) is 6.75. The third kappa shape index (κ3) is 5.44. The van der Waals surface area contributed by atoms with Crippen LogP contribution in [0, 0.1) is 0 Å². The zero-order valence-corrected chi connectivity index (χ0v) is 17.2. The van der Waals surface area contributed by atoms with E-state index in [0.29, 0.717) is 19.3 Å². The van der Waals surface area contributed by atoms with Crippen molar-refractivity contribution >= 4 is 21.7 Å². The Kier molecular flexibility index (Phi) is 6.69. The lowest BCUT2D eigenvalue weighted by Gasteiger charge is -2.35. The average molecular weight is 416 g/mol. The lowest BCUT2D eigenvalue weighted by Crippen LogP contribution is -2.50. The van der Waals surface area contributed by atoms with Gasteiger partial charge in [-0.05, 0) is 29.5 Å². The first-order valence-electron chi connectivity index (χ1n) is 9.58. The van der Waals surface area contributed by atoms with Crippen LogP contribution in [0.25, 0.3) is 0 Å². The van der Waals surface area contributed by atoms with Crippen LogP contribution in [0.15, 0.2) is 54.6 Å². The molecule has 2 aromatic carbocycles. The highest BCUT2D eigenvalue weighted by Crippen LogP contribution is 2.24. The van der Waals surface area contributed by atoms with Gasteiger partial charge in [0.2, 0.25) is 5.91 Å². The van der Waals surface area contributed by atoms with Crippen molar-refractivity contribution in [3.8, 4) is 0 Å². The first kappa shape index (κ1) is 21.0. The smallest absolute Gasteiger partial charge is 0.328 e. The fourth-order valence-electron chi connectivity index (χ4n) is 3.62. The fourth-order valence-corrected chi connectivity index (χ4v) is 4.89. The van der Waals surface area contributed by atoms with Crippen LogP contribution in [0.2, 0.25) is 0 Å². The van der Waals surface area contributed by atoms with Crippen molar-refractivity contribution in [1.82, 2.24) is 4.90 Å². The number of carbonyl (C=O) groups is 2. The van der Waals surface area contributed by atoms with Gasteiger partial charge in [0.25, 0.3) is 0 Å². The molecule has 6 nitrogen and oxygen atoms in total. The van der Waals surface area contributed by atoms with Crippen LogP contribution >= 0.6 is 0 Å². The molecule has 29 heavy (non-hydrogen) atoms. The quantitative estimate of drug-likeness (QED) is 0.648. The Morgan fingerprint density at radius 1 is 1.03 bits per heavy atom. The lowest BCUT2D eigenvalue weighted by molar-refractivity contribution is -0.153. The summed E-state index contributed by atoms with van der Waals surface area (Å²) in [5.74, 6) is -1.76. The number of rotatable bonds is 7. The maximum atomic E-state index is 12.8. The highest BCUT2D eigenvalue weighted by Gasteiger charge is 2.36. The van der Waals surface area contributed by atoms with Gasteiger partial charge in [0.05, 0.1) is 12.9 Å².